The average molecular weight is 577 g/mol. The SMILES string of the molecule is CC[C@@H](Nc1c(C#N)cnc2c(Cl)cc(NC(c3cccc(C#N)c3)c3cn(C4CC4)nn3)c(F)c12)c1ccccc1. The van der Waals surface area contributed by atoms with Crippen LogP contribution in [0.15, 0.2) is 73.1 Å². The number of benzene rings is 3. The minimum atomic E-state index is -0.634. The molecular formula is C32H26ClFN8. The lowest BCUT2D eigenvalue weighted by atomic mass is 10.00. The second kappa shape index (κ2) is 11.5. The number of fused-ring (bicyclic) bond motifs is 1. The first-order chi connectivity index (χ1) is 20.5. The average Bonchev–Trinajstić information content (AvgIpc) is 3.77. The summed E-state index contributed by atoms with van der Waals surface area (Å²) in [5, 5.41) is 35.2. The summed E-state index contributed by atoms with van der Waals surface area (Å²) in [6.45, 7) is 2.02. The quantitative estimate of drug-likeness (QED) is 0.187. The molecule has 2 aromatic heterocycles. The van der Waals surface area contributed by atoms with Gasteiger partial charge >= 0.3 is 0 Å². The predicted octanol–water partition coefficient (Wildman–Crippen LogP) is 7.46. The van der Waals surface area contributed by atoms with Crippen LogP contribution >= 0.6 is 11.6 Å². The summed E-state index contributed by atoms with van der Waals surface area (Å²) in [5.41, 5.74) is 3.63. The van der Waals surface area contributed by atoms with Crippen molar-refractivity contribution < 1.29 is 4.39 Å². The highest BCUT2D eigenvalue weighted by molar-refractivity contribution is 6.36. The van der Waals surface area contributed by atoms with E-state index in [1.807, 2.05) is 54.2 Å². The van der Waals surface area contributed by atoms with Gasteiger partial charge in [0.05, 0.1) is 68.8 Å². The fraction of sp³-hybridized carbons (Fsp3) is 0.219. The third-order valence-corrected chi connectivity index (χ3v) is 7.76. The van der Waals surface area contributed by atoms with E-state index in [-0.39, 0.29) is 33.2 Å². The molecule has 42 heavy (non-hydrogen) atoms. The van der Waals surface area contributed by atoms with Crippen LogP contribution in [0.25, 0.3) is 10.9 Å². The molecule has 6 rings (SSSR count). The van der Waals surface area contributed by atoms with Gasteiger partial charge in [-0.15, -0.1) is 5.10 Å². The van der Waals surface area contributed by atoms with Crippen LogP contribution in [0, 0.1) is 28.5 Å². The van der Waals surface area contributed by atoms with Gasteiger partial charge in [-0.05, 0) is 48.6 Å². The zero-order valence-electron chi connectivity index (χ0n) is 22.7. The molecule has 3 aromatic carbocycles. The number of halogens is 2. The molecule has 0 amide bonds. The van der Waals surface area contributed by atoms with Crippen molar-refractivity contribution in [2.75, 3.05) is 10.6 Å². The van der Waals surface area contributed by atoms with Crippen molar-refractivity contribution in [1.29, 1.82) is 10.5 Å². The van der Waals surface area contributed by atoms with Gasteiger partial charge in [0.2, 0.25) is 0 Å². The molecule has 5 aromatic rings. The molecule has 208 valence electrons. The zero-order chi connectivity index (χ0) is 29.2. The van der Waals surface area contributed by atoms with Gasteiger partial charge in [0.1, 0.15) is 11.8 Å². The molecular weight excluding hydrogens is 551 g/mol. The Morgan fingerprint density at radius 1 is 1.05 bits per heavy atom. The number of nitriles is 2. The minimum absolute atomic E-state index is 0.105. The van der Waals surface area contributed by atoms with E-state index in [9.17, 15) is 10.5 Å². The van der Waals surface area contributed by atoms with Crippen LogP contribution in [-0.2, 0) is 0 Å². The maximum Gasteiger partial charge on any atom is 0.157 e. The molecule has 2 heterocycles. The number of pyridine rings is 1. The summed E-state index contributed by atoms with van der Waals surface area (Å²) in [7, 11) is 0. The minimum Gasteiger partial charge on any atom is -0.376 e. The lowest BCUT2D eigenvalue weighted by molar-refractivity contribution is 0.610. The number of hydrogen-bond acceptors (Lipinski definition) is 7. The van der Waals surface area contributed by atoms with Crippen LogP contribution in [0.3, 0.4) is 0 Å². The van der Waals surface area contributed by atoms with E-state index >= 15 is 4.39 Å². The van der Waals surface area contributed by atoms with Crippen LogP contribution in [0.5, 0.6) is 0 Å². The first-order valence-electron chi connectivity index (χ1n) is 13.7. The van der Waals surface area contributed by atoms with Gasteiger partial charge < -0.3 is 10.6 Å². The molecule has 0 radical (unpaired) electrons. The molecule has 0 bridgehead atoms. The summed E-state index contributed by atoms with van der Waals surface area (Å²) in [4.78, 5) is 4.34. The Hall–Kier alpha value is -4.99. The van der Waals surface area contributed by atoms with E-state index in [4.69, 9.17) is 11.6 Å². The van der Waals surface area contributed by atoms with E-state index < -0.39 is 11.9 Å². The maximum atomic E-state index is 16.7. The second-order valence-corrected chi connectivity index (χ2v) is 10.7. The first-order valence-corrected chi connectivity index (χ1v) is 14.1. The molecule has 1 unspecified atom stereocenters. The number of anilines is 2. The Balaban J connectivity index is 1.48. The van der Waals surface area contributed by atoms with E-state index in [2.05, 4.69) is 38.1 Å². The van der Waals surface area contributed by atoms with Crippen molar-refractivity contribution in [3.8, 4) is 12.1 Å². The monoisotopic (exact) mass is 576 g/mol. The van der Waals surface area contributed by atoms with Crippen molar-refractivity contribution in [3.63, 3.8) is 0 Å². The van der Waals surface area contributed by atoms with Crippen LogP contribution in [0.1, 0.15) is 72.3 Å². The molecule has 8 nitrogen and oxygen atoms in total. The first kappa shape index (κ1) is 27.2. The molecule has 2 atom stereocenters. The molecule has 0 aliphatic heterocycles. The number of hydrogen-bond donors (Lipinski definition) is 2. The molecule has 1 aliphatic carbocycles. The van der Waals surface area contributed by atoms with Gasteiger partial charge in [0.25, 0.3) is 0 Å². The fourth-order valence-electron chi connectivity index (χ4n) is 5.13. The Kier molecular flexibility index (Phi) is 7.43. The normalized spacial score (nSPS) is 14.1. The van der Waals surface area contributed by atoms with E-state index in [0.717, 1.165) is 18.4 Å². The topological polar surface area (TPSA) is 115 Å². The van der Waals surface area contributed by atoms with Gasteiger partial charge in [0, 0.05) is 6.20 Å². The van der Waals surface area contributed by atoms with Crippen molar-refractivity contribution in [2.45, 2.75) is 44.3 Å². The summed E-state index contributed by atoms with van der Waals surface area (Å²) in [5.74, 6) is -0.611. The standard InChI is InChI=1S/C32H26ClFN8/c1-2-25(20-8-4-3-5-9-20)38-31-22(16-36)17-37-32-24(33)14-26(29(34)28(31)32)39-30(21-10-6-7-19(13-21)15-35)27-18-42(41-40-27)23-11-12-23/h3-10,13-14,17-18,23,25,30,39H,2,11-12H2,1H3,(H,37,38)/t25-,30?/m1/s1. The van der Waals surface area contributed by atoms with Crippen LogP contribution in [0.4, 0.5) is 15.8 Å². The molecule has 2 N–H and O–H groups in total. The smallest absolute Gasteiger partial charge is 0.157 e. The van der Waals surface area contributed by atoms with Crippen molar-refractivity contribution in [1.82, 2.24) is 20.0 Å². The van der Waals surface area contributed by atoms with Gasteiger partial charge in [-0.3, -0.25) is 4.98 Å². The molecule has 1 saturated carbocycles. The number of nitrogens with one attached hydrogen (secondary N) is 2. The van der Waals surface area contributed by atoms with Crippen LogP contribution < -0.4 is 10.6 Å². The number of aromatic nitrogens is 4. The van der Waals surface area contributed by atoms with Crippen LogP contribution in [0.2, 0.25) is 5.02 Å². The van der Waals surface area contributed by atoms with Crippen molar-refractivity contribution in [3.05, 3.63) is 112 Å². The summed E-state index contributed by atoms with van der Waals surface area (Å²) in [6.07, 6.45) is 6.02. The second-order valence-electron chi connectivity index (χ2n) is 10.3. The largest absolute Gasteiger partial charge is 0.376 e. The van der Waals surface area contributed by atoms with Gasteiger partial charge in [-0.2, -0.15) is 10.5 Å². The predicted molar refractivity (Wildman–Crippen MR) is 159 cm³/mol. The summed E-state index contributed by atoms with van der Waals surface area (Å²) >= 11 is 6.71. The third-order valence-electron chi connectivity index (χ3n) is 7.48. The molecule has 1 fully saturated rings. The third kappa shape index (κ3) is 5.23. The Labute approximate surface area is 247 Å². The maximum absolute atomic E-state index is 16.7. The zero-order valence-corrected chi connectivity index (χ0v) is 23.5. The molecule has 0 saturated heterocycles. The van der Waals surface area contributed by atoms with Gasteiger partial charge in [-0.25, -0.2) is 9.07 Å². The van der Waals surface area contributed by atoms with E-state index in [1.165, 1.54) is 12.3 Å². The van der Waals surface area contributed by atoms with Gasteiger partial charge in [0.15, 0.2) is 5.82 Å². The summed E-state index contributed by atoms with van der Waals surface area (Å²) in [6, 6.07) is 22.2. The summed E-state index contributed by atoms with van der Waals surface area (Å²) < 4.78 is 18.5. The Morgan fingerprint density at radius 2 is 1.83 bits per heavy atom. The number of nitrogens with zero attached hydrogens (tertiary/aromatic N) is 6. The van der Waals surface area contributed by atoms with Crippen LogP contribution in [-0.4, -0.2) is 20.0 Å². The number of rotatable bonds is 9. The molecule has 1 aliphatic rings. The lowest BCUT2D eigenvalue weighted by Gasteiger charge is -2.23. The Morgan fingerprint density at radius 3 is 2.55 bits per heavy atom. The fourth-order valence-corrected chi connectivity index (χ4v) is 5.38. The highest BCUT2D eigenvalue weighted by Crippen LogP contribution is 2.40. The van der Waals surface area contributed by atoms with Gasteiger partial charge in [-0.1, -0.05) is 66.2 Å². The van der Waals surface area contributed by atoms with E-state index in [0.29, 0.717) is 35.0 Å². The van der Waals surface area contributed by atoms with E-state index in [1.54, 1.807) is 18.2 Å². The van der Waals surface area contributed by atoms with Crippen molar-refractivity contribution in [2.24, 2.45) is 0 Å². The lowest BCUT2D eigenvalue weighted by Crippen LogP contribution is -2.15. The molecule has 10 heteroatoms. The molecule has 0 spiro atoms. The highest BCUT2D eigenvalue weighted by atomic mass is 35.5. The highest BCUT2D eigenvalue weighted by Gasteiger charge is 2.28. The van der Waals surface area contributed by atoms with Crippen molar-refractivity contribution >= 4 is 33.9 Å². The Bertz CT molecular complexity index is 1850.